The average Bonchev–Trinajstić information content (AvgIpc) is 2.51. The fourth-order valence-corrected chi connectivity index (χ4v) is 2.32. The Kier molecular flexibility index (Phi) is 1.91. The number of fused-ring (bicyclic) bond motifs is 3. The van der Waals surface area contributed by atoms with E-state index < -0.39 is 0 Å². The van der Waals surface area contributed by atoms with E-state index >= 15 is 0 Å². The summed E-state index contributed by atoms with van der Waals surface area (Å²) in [6.45, 7) is 5.98. The van der Waals surface area contributed by atoms with Gasteiger partial charge in [-0.3, -0.25) is 0 Å². The van der Waals surface area contributed by atoms with E-state index in [1.54, 1.807) is 6.07 Å². The minimum Gasteiger partial charge on any atom is -0.486 e. The lowest BCUT2D eigenvalue weighted by atomic mass is 9.89. The van der Waals surface area contributed by atoms with Gasteiger partial charge in [-0.05, 0) is 26.0 Å². The van der Waals surface area contributed by atoms with E-state index in [2.05, 4.69) is 0 Å². The minimum absolute atomic E-state index is 0.0401. The molecule has 3 nitrogen and oxygen atoms in total. The van der Waals surface area contributed by atoms with Gasteiger partial charge in [0.1, 0.15) is 16.9 Å². The third-order valence-corrected chi connectivity index (χ3v) is 3.64. The van der Waals surface area contributed by atoms with Crippen molar-refractivity contribution in [2.24, 2.45) is 0 Å². The van der Waals surface area contributed by atoms with Crippen molar-refractivity contribution in [1.82, 2.24) is 0 Å². The van der Waals surface area contributed by atoms with Crippen LogP contribution in [0.15, 0.2) is 33.5 Å². The molecule has 0 N–H and O–H groups in total. The van der Waals surface area contributed by atoms with Crippen LogP contribution in [0.1, 0.15) is 32.3 Å². The average molecular weight is 230 g/mol. The van der Waals surface area contributed by atoms with Crippen molar-refractivity contribution in [2.75, 3.05) is 0 Å². The van der Waals surface area contributed by atoms with Crippen LogP contribution in [0.3, 0.4) is 0 Å². The van der Waals surface area contributed by atoms with Crippen LogP contribution in [0.4, 0.5) is 0 Å². The molecule has 3 rings (SSSR count). The summed E-state index contributed by atoms with van der Waals surface area (Å²) in [5.74, 6) is 0.729. The minimum atomic E-state index is -0.360. The zero-order valence-electron chi connectivity index (χ0n) is 10.1. The lowest BCUT2D eigenvalue weighted by Crippen LogP contribution is -2.29. The van der Waals surface area contributed by atoms with Gasteiger partial charge in [0.2, 0.25) is 0 Å². The van der Waals surface area contributed by atoms with Crippen molar-refractivity contribution < 1.29 is 9.15 Å². The molecule has 2 aromatic rings. The Balaban J connectivity index is 2.42. The van der Waals surface area contributed by atoms with Crippen molar-refractivity contribution in [3.05, 3.63) is 40.2 Å². The largest absolute Gasteiger partial charge is 0.486 e. The molecule has 0 spiro atoms. The Hall–Kier alpha value is -1.77. The predicted octanol–water partition coefficient (Wildman–Crippen LogP) is 3.07. The molecule has 1 aliphatic heterocycles. The maximum absolute atomic E-state index is 12.0. The number of para-hydroxylation sites is 1. The van der Waals surface area contributed by atoms with Crippen molar-refractivity contribution in [3.63, 3.8) is 0 Å². The van der Waals surface area contributed by atoms with Crippen molar-refractivity contribution in [1.29, 1.82) is 0 Å². The summed E-state index contributed by atoms with van der Waals surface area (Å²) >= 11 is 0. The summed E-state index contributed by atoms with van der Waals surface area (Å²) in [6, 6.07) is 7.48. The first-order valence-electron chi connectivity index (χ1n) is 5.75. The van der Waals surface area contributed by atoms with Gasteiger partial charge in [0.15, 0.2) is 0 Å². The van der Waals surface area contributed by atoms with Crippen molar-refractivity contribution in [2.45, 2.75) is 32.3 Å². The van der Waals surface area contributed by atoms with Crippen LogP contribution >= 0.6 is 0 Å². The highest BCUT2D eigenvalue weighted by molar-refractivity contribution is 5.85. The summed E-state index contributed by atoms with van der Waals surface area (Å²) in [5, 5.41) is 0.875. The molecule has 1 unspecified atom stereocenters. The normalized spacial score (nSPS) is 21.2. The molecule has 0 saturated heterocycles. The summed E-state index contributed by atoms with van der Waals surface area (Å²) in [7, 11) is 0. The number of hydrogen-bond acceptors (Lipinski definition) is 3. The van der Waals surface area contributed by atoms with E-state index in [-0.39, 0.29) is 17.1 Å². The smallest absolute Gasteiger partial charge is 0.343 e. The second-order valence-corrected chi connectivity index (χ2v) is 5.06. The first-order valence-corrected chi connectivity index (χ1v) is 5.75. The van der Waals surface area contributed by atoms with Gasteiger partial charge in [0.25, 0.3) is 0 Å². The molecule has 0 aliphatic carbocycles. The van der Waals surface area contributed by atoms with Crippen molar-refractivity contribution in [3.8, 4) is 5.75 Å². The molecule has 0 saturated carbocycles. The molecular weight excluding hydrogens is 216 g/mol. The molecule has 17 heavy (non-hydrogen) atoms. The molecule has 0 bridgehead atoms. The molecule has 3 heteroatoms. The third-order valence-electron chi connectivity index (χ3n) is 3.64. The Morgan fingerprint density at radius 3 is 2.71 bits per heavy atom. The van der Waals surface area contributed by atoms with Crippen molar-refractivity contribution >= 4 is 11.0 Å². The zero-order valence-corrected chi connectivity index (χ0v) is 10.1. The second kappa shape index (κ2) is 3.13. The topological polar surface area (TPSA) is 39.4 Å². The first-order chi connectivity index (χ1) is 8.00. The molecule has 0 fully saturated rings. The molecular formula is C14H14O3. The number of rotatable bonds is 0. The van der Waals surface area contributed by atoms with Gasteiger partial charge in [-0.2, -0.15) is 0 Å². The fraction of sp³-hybridized carbons (Fsp3) is 0.357. The van der Waals surface area contributed by atoms with E-state index in [0.29, 0.717) is 16.9 Å². The number of benzene rings is 1. The van der Waals surface area contributed by atoms with Crippen LogP contribution in [0.25, 0.3) is 11.0 Å². The first kappa shape index (κ1) is 10.4. The summed E-state index contributed by atoms with van der Waals surface area (Å²) in [6.07, 6.45) is 0. The molecule has 1 aromatic carbocycles. The Morgan fingerprint density at radius 2 is 1.94 bits per heavy atom. The highest BCUT2D eigenvalue weighted by Crippen LogP contribution is 2.45. The number of hydrogen-bond donors (Lipinski definition) is 0. The van der Waals surface area contributed by atoms with Gasteiger partial charge < -0.3 is 9.15 Å². The van der Waals surface area contributed by atoms with Crippen LogP contribution in [0, 0.1) is 0 Å². The SMILES string of the molecule is CC1c2c(c3ccccc3oc2=O)OC1(C)C. The lowest BCUT2D eigenvalue weighted by Gasteiger charge is -2.22. The maximum atomic E-state index is 12.0. The van der Waals surface area contributed by atoms with Crippen LogP contribution in [-0.4, -0.2) is 5.60 Å². The summed E-state index contributed by atoms with van der Waals surface area (Å²) < 4.78 is 11.3. The fourth-order valence-electron chi connectivity index (χ4n) is 2.32. The second-order valence-electron chi connectivity index (χ2n) is 5.06. The predicted molar refractivity (Wildman–Crippen MR) is 65.6 cm³/mol. The van der Waals surface area contributed by atoms with E-state index in [9.17, 15) is 4.79 Å². The zero-order chi connectivity index (χ0) is 12.2. The quantitative estimate of drug-likeness (QED) is 0.653. The Labute approximate surface area is 99.0 Å². The monoisotopic (exact) mass is 230 g/mol. The molecule has 2 heterocycles. The van der Waals surface area contributed by atoms with Crippen LogP contribution in [0.5, 0.6) is 5.75 Å². The Bertz CT molecular complexity index is 652. The summed E-state index contributed by atoms with van der Waals surface area (Å²) in [4.78, 5) is 12.0. The highest BCUT2D eigenvalue weighted by atomic mass is 16.5. The van der Waals surface area contributed by atoms with Gasteiger partial charge in [0, 0.05) is 5.92 Å². The molecule has 0 radical (unpaired) electrons. The van der Waals surface area contributed by atoms with E-state index in [1.807, 2.05) is 39.0 Å². The van der Waals surface area contributed by atoms with Gasteiger partial charge >= 0.3 is 5.63 Å². The van der Waals surface area contributed by atoms with E-state index in [4.69, 9.17) is 9.15 Å². The number of ether oxygens (including phenoxy) is 1. The molecule has 1 aromatic heterocycles. The highest BCUT2D eigenvalue weighted by Gasteiger charge is 2.41. The molecule has 1 aliphatic rings. The van der Waals surface area contributed by atoms with Crippen LogP contribution in [0.2, 0.25) is 0 Å². The van der Waals surface area contributed by atoms with Gasteiger partial charge in [-0.15, -0.1) is 0 Å². The van der Waals surface area contributed by atoms with Gasteiger partial charge in [-0.1, -0.05) is 19.1 Å². The Morgan fingerprint density at radius 1 is 1.24 bits per heavy atom. The van der Waals surface area contributed by atoms with Crippen LogP contribution < -0.4 is 10.4 Å². The van der Waals surface area contributed by atoms with E-state index in [1.165, 1.54) is 0 Å². The van der Waals surface area contributed by atoms with Gasteiger partial charge in [0.05, 0.1) is 10.9 Å². The maximum Gasteiger partial charge on any atom is 0.343 e. The molecule has 1 atom stereocenters. The summed E-state index contributed by atoms with van der Waals surface area (Å²) in [5.41, 5.74) is 0.604. The molecule has 88 valence electrons. The third kappa shape index (κ3) is 1.32. The van der Waals surface area contributed by atoms with Gasteiger partial charge in [-0.25, -0.2) is 4.79 Å². The lowest BCUT2D eigenvalue weighted by molar-refractivity contribution is 0.117. The molecule has 0 amide bonds. The van der Waals surface area contributed by atoms with E-state index in [0.717, 1.165) is 5.39 Å². The standard InChI is InChI=1S/C14H14O3/c1-8-11-12(17-14(8,2)3)9-6-4-5-7-10(9)16-13(11)15/h4-8H,1-3H3. The van der Waals surface area contributed by atoms with Crippen LogP contribution in [-0.2, 0) is 0 Å².